The summed E-state index contributed by atoms with van der Waals surface area (Å²) in [6.45, 7) is 4.17. The third-order valence-electron chi connectivity index (χ3n) is 10.3. The standard InChI is InChI=1S/C46H88O5/c1-3-5-7-9-11-13-15-17-19-21-22-23-25-26-28-30-32-34-36-38-40-45(48)50-43-44(42-47)51-46(49)41-39-37-35-33-31-29-27-24-20-18-16-14-12-10-8-6-4-2/h18,20,44,47H,3-17,19,21-43H2,1-2H3/b20-18-. The van der Waals surface area contributed by atoms with E-state index in [1.54, 1.807) is 0 Å². The molecule has 0 fully saturated rings. The summed E-state index contributed by atoms with van der Waals surface area (Å²) in [4.78, 5) is 24.3. The van der Waals surface area contributed by atoms with Crippen molar-refractivity contribution in [2.24, 2.45) is 0 Å². The van der Waals surface area contributed by atoms with Crippen molar-refractivity contribution in [3.8, 4) is 0 Å². The Morgan fingerprint density at radius 1 is 0.431 bits per heavy atom. The van der Waals surface area contributed by atoms with Gasteiger partial charge >= 0.3 is 11.9 Å². The minimum atomic E-state index is -0.767. The molecule has 1 unspecified atom stereocenters. The van der Waals surface area contributed by atoms with Crippen molar-refractivity contribution < 1.29 is 24.2 Å². The first kappa shape index (κ1) is 49.6. The fourth-order valence-corrected chi connectivity index (χ4v) is 6.85. The molecule has 0 aliphatic carbocycles. The van der Waals surface area contributed by atoms with Crippen LogP contribution in [0.4, 0.5) is 0 Å². The van der Waals surface area contributed by atoms with E-state index in [0.29, 0.717) is 12.8 Å². The highest BCUT2D eigenvalue weighted by atomic mass is 16.6. The molecule has 5 nitrogen and oxygen atoms in total. The van der Waals surface area contributed by atoms with Crippen LogP contribution in [0.3, 0.4) is 0 Å². The maximum absolute atomic E-state index is 12.2. The van der Waals surface area contributed by atoms with Crippen molar-refractivity contribution in [1.29, 1.82) is 0 Å². The molecule has 0 amide bonds. The van der Waals surface area contributed by atoms with E-state index >= 15 is 0 Å². The SMILES string of the molecule is CCCCCCCC/C=C\CCCCCCCCCC(=O)OC(CO)COC(=O)CCCCCCCCCCCCCCCCCCCCCC. The van der Waals surface area contributed by atoms with E-state index in [1.807, 2.05) is 0 Å². The minimum absolute atomic E-state index is 0.0610. The third kappa shape index (κ3) is 41.3. The van der Waals surface area contributed by atoms with Crippen molar-refractivity contribution in [1.82, 2.24) is 0 Å². The second-order valence-corrected chi connectivity index (χ2v) is 15.5. The van der Waals surface area contributed by atoms with E-state index in [0.717, 1.165) is 32.1 Å². The molecule has 0 bridgehead atoms. The van der Waals surface area contributed by atoms with E-state index < -0.39 is 6.10 Å². The molecule has 0 spiro atoms. The summed E-state index contributed by atoms with van der Waals surface area (Å²) in [6, 6.07) is 0. The summed E-state index contributed by atoms with van der Waals surface area (Å²) in [5.74, 6) is -0.581. The zero-order chi connectivity index (χ0) is 37.1. The number of ether oxygens (including phenoxy) is 2. The topological polar surface area (TPSA) is 72.8 Å². The summed E-state index contributed by atoms with van der Waals surface area (Å²) >= 11 is 0. The van der Waals surface area contributed by atoms with Crippen LogP contribution < -0.4 is 0 Å². The molecule has 0 saturated carbocycles. The molecule has 0 radical (unpaired) electrons. The first-order valence-corrected chi connectivity index (χ1v) is 22.7. The van der Waals surface area contributed by atoms with Gasteiger partial charge in [0.15, 0.2) is 6.10 Å². The predicted octanol–water partition coefficient (Wildman–Crippen LogP) is 14.5. The zero-order valence-electron chi connectivity index (χ0n) is 34.4. The van der Waals surface area contributed by atoms with Gasteiger partial charge < -0.3 is 14.6 Å². The van der Waals surface area contributed by atoms with Gasteiger partial charge in [-0.25, -0.2) is 0 Å². The average Bonchev–Trinajstić information content (AvgIpc) is 3.13. The molecule has 0 aromatic rings. The Kier molecular flexibility index (Phi) is 41.9. The molecular formula is C46H88O5. The number of esters is 2. The van der Waals surface area contributed by atoms with E-state index in [2.05, 4.69) is 26.0 Å². The Morgan fingerprint density at radius 3 is 1.06 bits per heavy atom. The van der Waals surface area contributed by atoms with Crippen molar-refractivity contribution in [3.05, 3.63) is 12.2 Å². The largest absolute Gasteiger partial charge is 0.462 e. The van der Waals surface area contributed by atoms with E-state index in [1.165, 1.54) is 193 Å². The lowest BCUT2D eigenvalue weighted by atomic mass is 10.0. The van der Waals surface area contributed by atoms with Crippen LogP contribution in [0.2, 0.25) is 0 Å². The van der Waals surface area contributed by atoms with Gasteiger partial charge in [0.05, 0.1) is 6.61 Å². The van der Waals surface area contributed by atoms with Gasteiger partial charge in [0.2, 0.25) is 0 Å². The fraction of sp³-hybridized carbons (Fsp3) is 0.913. The van der Waals surface area contributed by atoms with Crippen LogP contribution in [0.1, 0.15) is 251 Å². The Hall–Kier alpha value is -1.36. The lowest BCUT2D eigenvalue weighted by molar-refractivity contribution is -0.161. The van der Waals surface area contributed by atoms with Crippen molar-refractivity contribution in [2.45, 2.75) is 258 Å². The number of hydrogen-bond donors (Lipinski definition) is 1. The highest BCUT2D eigenvalue weighted by Crippen LogP contribution is 2.16. The number of hydrogen-bond acceptors (Lipinski definition) is 5. The van der Waals surface area contributed by atoms with Gasteiger partial charge in [-0.2, -0.15) is 0 Å². The zero-order valence-corrected chi connectivity index (χ0v) is 34.4. The van der Waals surface area contributed by atoms with Crippen molar-refractivity contribution in [2.75, 3.05) is 13.2 Å². The minimum Gasteiger partial charge on any atom is -0.462 e. The molecule has 302 valence electrons. The van der Waals surface area contributed by atoms with Gasteiger partial charge in [0.1, 0.15) is 6.61 Å². The van der Waals surface area contributed by atoms with E-state index in [9.17, 15) is 14.7 Å². The molecule has 0 rings (SSSR count). The summed E-state index contributed by atoms with van der Waals surface area (Å²) in [5, 5.41) is 9.59. The molecule has 5 heteroatoms. The van der Waals surface area contributed by atoms with Crippen LogP contribution in [0.25, 0.3) is 0 Å². The molecule has 1 N–H and O–H groups in total. The van der Waals surface area contributed by atoms with Crippen LogP contribution in [-0.4, -0.2) is 36.4 Å². The summed E-state index contributed by atoms with van der Waals surface area (Å²) in [6.07, 6.45) is 50.0. The first-order valence-electron chi connectivity index (χ1n) is 22.7. The smallest absolute Gasteiger partial charge is 0.306 e. The third-order valence-corrected chi connectivity index (χ3v) is 10.3. The highest BCUT2D eigenvalue weighted by molar-refractivity contribution is 5.70. The van der Waals surface area contributed by atoms with E-state index in [4.69, 9.17) is 9.47 Å². The van der Waals surface area contributed by atoms with Crippen LogP contribution in [-0.2, 0) is 19.1 Å². The molecule has 0 aliphatic rings. The second-order valence-electron chi connectivity index (χ2n) is 15.5. The number of unbranched alkanes of at least 4 members (excludes halogenated alkanes) is 32. The fourth-order valence-electron chi connectivity index (χ4n) is 6.85. The molecule has 0 saturated heterocycles. The van der Waals surface area contributed by atoms with E-state index in [-0.39, 0.29) is 25.2 Å². The molecule has 1 atom stereocenters. The second kappa shape index (κ2) is 43.0. The Labute approximate surface area is 318 Å². The van der Waals surface area contributed by atoms with Crippen LogP contribution in [0.15, 0.2) is 12.2 Å². The van der Waals surface area contributed by atoms with Gasteiger partial charge in [-0.05, 0) is 38.5 Å². The molecule has 0 heterocycles. The summed E-state index contributed by atoms with van der Waals surface area (Å²) in [5.41, 5.74) is 0. The maximum Gasteiger partial charge on any atom is 0.306 e. The molecule has 51 heavy (non-hydrogen) atoms. The molecule has 0 aliphatic heterocycles. The molecular weight excluding hydrogens is 633 g/mol. The number of carbonyl (C=O) groups is 2. The maximum atomic E-state index is 12.2. The van der Waals surface area contributed by atoms with Gasteiger partial charge in [-0.1, -0.05) is 212 Å². The Balaban J connectivity index is 3.47. The lowest BCUT2D eigenvalue weighted by Gasteiger charge is -2.15. The normalized spacial score (nSPS) is 12.1. The van der Waals surface area contributed by atoms with Gasteiger partial charge in [0, 0.05) is 12.8 Å². The number of aliphatic hydroxyl groups is 1. The predicted molar refractivity (Wildman–Crippen MR) is 219 cm³/mol. The molecule has 0 aromatic heterocycles. The first-order chi connectivity index (χ1) is 25.1. The van der Waals surface area contributed by atoms with Gasteiger partial charge in [-0.15, -0.1) is 0 Å². The quantitative estimate of drug-likeness (QED) is 0.0386. The van der Waals surface area contributed by atoms with Crippen LogP contribution in [0.5, 0.6) is 0 Å². The Morgan fingerprint density at radius 2 is 0.725 bits per heavy atom. The molecule has 0 aromatic carbocycles. The number of carbonyl (C=O) groups excluding carboxylic acids is 2. The van der Waals surface area contributed by atoms with Crippen LogP contribution >= 0.6 is 0 Å². The summed E-state index contributed by atoms with van der Waals surface area (Å²) in [7, 11) is 0. The highest BCUT2D eigenvalue weighted by Gasteiger charge is 2.16. The Bertz CT molecular complexity index is 735. The lowest BCUT2D eigenvalue weighted by Crippen LogP contribution is -2.28. The average molecular weight is 721 g/mol. The number of aliphatic hydroxyl groups excluding tert-OH is 1. The monoisotopic (exact) mass is 721 g/mol. The summed E-state index contributed by atoms with van der Waals surface area (Å²) < 4.78 is 10.6. The van der Waals surface area contributed by atoms with Crippen LogP contribution in [0, 0.1) is 0 Å². The van der Waals surface area contributed by atoms with Crippen molar-refractivity contribution in [3.63, 3.8) is 0 Å². The number of rotatable bonds is 42. The van der Waals surface area contributed by atoms with Gasteiger partial charge in [0.25, 0.3) is 0 Å². The van der Waals surface area contributed by atoms with Gasteiger partial charge in [-0.3, -0.25) is 9.59 Å². The number of allylic oxidation sites excluding steroid dienone is 2. The van der Waals surface area contributed by atoms with Crippen molar-refractivity contribution >= 4 is 11.9 Å².